The number of ether oxygens (including phenoxy) is 3. The van der Waals surface area contributed by atoms with Gasteiger partial charge in [0.1, 0.15) is 13.2 Å². The second kappa shape index (κ2) is 60.9. The molecule has 0 amide bonds. The number of allylic oxidation sites excluding steroid dienone is 8. The molecule has 0 heterocycles. The molecule has 6 heteroatoms. The van der Waals surface area contributed by atoms with E-state index in [-0.39, 0.29) is 31.1 Å². The van der Waals surface area contributed by atoms with Crippen LogP contribution < -0.4 is 0 Å². The minimum atomic E-state index is -0.787. The van der Waals surface area contributed by atoms with Crippen LogP contribution in [-0.2, 0) is 28.6 Å². The van der Waals surface area contributed by atoms with E-state index in [1.54, 1.807) is 0 Å². The molecule has 0 radical (unpaired) electrons. The number of hydrogen-bond acceptors (Lipinski definition) is 6. The van der Waals surface area contributed by atoms with Gasteiger partial charge < -0.3 is 14.2 Å². The molecule has 0 aliphatic carbocycles. The largest absolute Gasteiger partial charge is 0.462 e. The molecule has 0 aliphatic rings. The van der Waals surface area contributed by atoms with Gasteiger partial charge in [-0.15, -0.1) is 0 Å². The summed E-state index contributed by atoms with van der Waals surface area (Å²) < 4.78 is 16.9. The van der Waals surface area contributed by atoms with E-state index < -0.39 is 6.10 Å². The third-order valence-corrected chi connectivity index (χ3v) is 14.1. The highest BCUT2D eigenvalue weighted by molar-refractivity contribution is 5.71. The van der Waals surface area contributed by atoms with Crippen molar-refractivity contribution in [2.75, 3.05) is 13.2 Å². The number of hydrogen-bond donors (Lipinski definition) is 0. The van der Waals surface area contributed by atoms with Crippen LogP contribution in [0.3, 0.4) is 0 Å². The highest BCUT2D eigenvalue weighted by atomic mass is 16.6. The molecule has 0 aromatic rings. The average Bonchev–Trinajstić information content (AvgIpc) is 3.38. The first-order chi connectivity index (χ1) is 35.5. The SMILES string of the molecule is CC/C=C\C/C=C\C/C=C\C/C=C\CCCCC(=O)OCC(COC(=O)CCCCCCCCCCCCCCCCCCCCCC)OC(=O)CCCCCCCCCCCCCCCCCCCCC. The van der Waals surface area contributed by atoms with Crippen LogP contribution >= 0.6 is 0 Å². The van der Waals surface area contributed by atoms with Gasteiger partial charge >= 0.3 is 17.9 Å². The smallest absolute Gasteiger partial charge is 0.306 e. The van der Waals surface area contributed by atoms with Gasteiger partial charge in [0.2, 0.25) is 0 Å². The third-order valence-electron chi connectivity index (χ3n) is 14.1. The van der Waals surface area contributed by atoms with Crippen LogP contribution in [0.15, 0.2) is 48.6 Å². The number of rotatable bonds is 58. The number of carbonyl (C=O) groups excluding carboxylic acids is 3. The van der Waals surface area contributed by atoms with Crippen LogP contribution in [0.1, 0.15) is 335 Å². The molecule has 0 aliphatic heterocycles. The Labute approximate surface area is 448 Å². The summed E-state index contributed by atoms with van der Waals surface area (Å²) in [6.45, 7) is 6.55. The van der Waals surface area contributed by atoms with Crippen LogP contribution in [0.5, 0.6) is 0 Å². The zero-order chi connectivity index (χ0) is 52.2. The summed E-state index contributed by atoms with van der Waals surface area (Å²) in [6, 6.07) is 0. The molecular formula is C66H120O6. The van der Waals surface area contributed by atoms with Crippen LogP contribution in [0.25, 0.3) is 0 Å². The predicted octanol–water partition coefficient (Wildman–Crippen LogP) is 21.4. The van der Waals surface area contributed by atoms with E-state index in [2.05, 4.69) is 69.4 Å². The first-order valence-corrected chi connectivity index (χ1v) is 31.6. The topological polar surface area (TPSA) is 78.9 Å². The molecule has 0 aromatic heterocycles. The molecular weight excluding hydrogens is 889 g/mol. The molecule has 0 fully saturated rings. The van der Waals surface area contributed by atoms with Crippen molar-refractivity contribution in [1.29, 1.82) is 0 Å². The first kappa shape index (κ1) is 69.4. The Kier molecular flexibility index (Phi) is 58.7. The van der Waals surface area contributed by atoms with Crippen molar-refractivity contribution >= 4 is 17.9 Å². The summed E-state index contributed by atoms with van der Waals surface area (Å²) in [5.74, 6) is -0.902. The van der Waals surface area contributed by atoms with E-state index in [9.17, 15) is 14.4 Å². The molecule has 6 nitrogen and oxygen atoms in total. The van der Waals surface area contributed by atoms with Crippen molar-refractivity contribution < 1.29 is 28.6 Å². The van der Waals surface area contributed by atoms with Crippen molar-refractivity contribution in [3.8, 4) is 0 Å². The van der Waals surface area contributed by atoms with Gasteiger partial charge in [0.05, 0.1) is 0 Å². The van der Waals surface area contributed by atoms with E-state index in [4.69, 9.17) is 14.2 Å². The van der Waals surface area contributed by atoms with Crippen LogP contribution in [-0.4, -0.2) is 37.2 Å². The molecule has 0 N–H and O–H groups in total. The first-order valence-electron chi connectivity index (χ1n) is 31.6. The minimum Gasteiger partial charge on any atom is -0.462 e. The standard InChI is InChI=1S/C66H120O6/c1-4-7-10-13-16-19-22-25-28-30-32-34-35-38-41-44-47-50-53-56-59-65(68)71-62-63(61-70-64(67)58-55-52-49-46-43-40-37-27-24-21-18-15-12-9-6-3)72-66(69)60-57-54-51-48-45-42-39-36-33-31-29-26-23-20-17-14-11-8-5-2/h9,12,18,21,27,37,43,46,63H,4-8,10-11,13-17,19-20,22-26,28-36,38-42,44-45,47-62H2,1-3H3/b12-9-,21-18-,37-27-,46-43-. The summed E-state index contributed by atoms with van der Waals surface area (Å²) in [7, 11) is 0. The lowest BCUT2D eigenvalue weighted by Gasteiger charge is -2.18. The summed E-state index contributed by atoms with van der Waals surface area (Å²) in [4.78, 5) is 38.3. The van der Waals surface area contributed by atoms with E-state index in [1.165, 1.54) is 212 Å². The molecule has 0 bridgehead atoms. The Bertz CT molecular complexity index is 1250. The third kappa shape index (κ3) is 58.3. The van der Waals surface area contributed by atoms with Gasteiger partial charge in [-0.3, -0.25) is 14.4 Å². The second-order valence-corrected chi connectivity index (χ2v) is 21.3. The van der Waals surface area contributed by atoms with Gasteiger partial charge in [0.15, 0.2) is 6.10 Å². The van der Waals surface area contributed by atoms with Crippen LogP contribution in [0, 0.1) is 0 Å². The zero-order valence-electron chi connectivity index (χ0n) is 48.2. The maximum atomic E-state index is 12.9. The Morgan fingerprint density at radius 3 is 0.847 bits per heavy atom. The van der Waals surface area contributed by atoms with Crippen LogP contribution in [0.4, 0.5) is 0 Å². The lowest BCUT2D eigenvalue weighted by molar-refractivity contribution is -0.167. The number of carbonyl (C=O) groups is 3. The number of unbranched alkanes of at least 4 members (excludes halogenated alkanes) is 39. The summed E-state index contributed by atoms with van der Waals surface area (Å²) in [5, 5.41) is 0. The van der Waals surface area contributed by atoms with Crippen molar-refractivity contribution in [1.82, 2.24) is 0 Å². The molecule has 1 unspecified atom stereocenters. The van der Waals surface area contributed by atoms with Gasteiger partial charge in [-0.2, -0.15) is 0 Å². The van der Waals surface area contributed by atoms with E-state index >= 15 is 0 Å². The highest BCUT2D eigenvalue weighted by Crippen LogP contribution is 2.18. The second-order valence-electron chi connectivity index (χ2n) is 21.3. The molecule has 420 valence electrons. The molecule has 0 aromatic carbocycles. The Morgan fingerprint density at radius 1 is 0.292 bits per heavy atom. The van der Waals surface area contributed by atoms with Gasteiger partial charge in [-0.25, -0.2) is 0 Å². The minimum absolute atomic E-state index is 0.0813. The monoisotopic (exact) mass is 1010 g/mol. The molecule has 1 atom stereocenters. The average molecular weight is 1010 g/mol. The number of esters is 3. The van der Waals surface area contributed by atoms with E-state index in [0.717, 1.165) is 83.5 Å². The summed E-state index contributed by atoms with van der Waals surface area (Å²) in [6.07, 6.45) is 75.5. The van der Waals surface area contributed by atoms with Gasteiger partial charge in [-0.05, 0) is 57.8 Å². The van der Waals surface area contributed by atoms with Crippen molar-refractivity contribution in [2.45, 2.75) is 341 Å². The quantitative estimate of drug-likeness (QED) is 0.0261. The normalized spacial score (nSPS) is 12.3. The van der Waals surface area contributed by atoms with Crippen molar-refractivity contribution in [2.24, 2.45) is 0 Å². The lowest BCUT2D eigenvalue weighted by atomic mass is 10.0. The Balaban J connectivity index is 4.34. The van der Waals surface area contributed by atoms with E-state index in [0.29, 0.717) is 19.3 Å². The predicted molar refractivity (Wildman–Crippen MR) is 312 cm³/mol. The van der Waals surface area contributed by atoms with Crippen molar-refractivity contribution in [3.05, 3.63) is 48.6 Å². The Morgan fingerprint density at radius 2 is 0.542 bits per heavy atom. The van der Waals surface area contributed by atoms with Crippen molar-refractivity contribution in [3.63, 3.8) is 0 Å². The highest BCUT2D eigenvalue weighted by Gasteiger charge is 2.19. The lowest BCUT2D eigenvalue weighted by Crippen LogP contribution is -2.30. The maximum Gasteiger partial charge on any atom is 0.306 e. The zero-order valence-corrected chi connectivity index (χ0v) is 48.2. The summed E-state index contributed by atoms with van der Waals surface area (Å²) in [5.41, 5.74) is 0. The molecule has 0 rings (SSSR count). The van der Waals surface area contributed by atoms with Gasteiger partial charge in [0, 0.05) is 19.3 Å². The van der Waals surface area contributed by atoms with Gasteiger partial charge in [-0.1, -0.05) is 307 Å². The fourth-order valence-corrected chi connectivity index (χ4v) is 9.38. The fraction of sp³-hybridized carbons (Fsp3) is 0.833. The molecule has 72 heavy (non-hydrogen) atoms. The molecule has 0 saturated carbocycles. The Hall–Kier alpha value is -2.63. The van der Waals surface area contributed by atoms with Crippen LogP contribution in [0.2, 0.25) is 0 Å². The molecule has 0 saturated heterocycles. The maximum absolute atomic E-state index is 12.9. The fourth-order valence-electron chi connectivity index (χ4n) is 9.38. The van der Waals surface area contributed by atoms with E-state index in [1.807, 2.05) is 0 Å². The van der Waals surface area contributed by atoms with Gasteiger partial charge in [0.25, 0.3) is 0 Å². The summed E-state index contributed by atoms with van der Waals surface area (Å²) >= 11 is 0. The molecule has 0 spiro atoms.